The van der Waals surface area contributed by atoms with Gasteiger partial charge in [0, 0.05) is 5.41 Å². The summed E-state index contributed by atoms with van der Waals surface area (Å²) in [6.45, 7) is 5.13. The van der Waals surface area contributed by atoms with Gasteiger partial charge in [-0.15, -0.1) is 0 Å². The van der Waals surface area contributed by atoms with E-state index in [-0.39, 0.29) is 11.3 Å². The highest BCUT2D eigenvalue weighted by Crippen LogP contribution is 2.53. The molecule has 28 heavy (non-hydrogen) atoms. The first-order valence-corrected chi connectivity index (χ1v) is 11.2. The summed E-state index contributed by atoms with van der Waals surface area (Å²) in [5, 5.41) is 0. The number of rotatable bonds is 9. The summed E-state index contributed by atoms with van der Waals surface area (Å²) in [6, 6.07) is 7.84. The summed E-state index contributed by atoms with van der Waals surface area (Å²) >= 11 is 0. The molecule has 1 aromatic carbocycles. The van der Waals surface area contributed by atoms with Crippen LogP contribution in [0.2, 0.25) is 0 Å². The summed E-state index contributed by atoms with van der Waals surface area (Å²) in [5.74, 6) is -1.36. The number of cyclic esters (lactones) is 1. The Kier molecular flexibility index (Phi) is 6.91. The number of esters is 2. The topological polar surface area (TPSA) is 86.7 Å². The average Bonchev–Trinajstić information content (AvgIpc) is 2.87. The van der Waals surface area contributed by atoms with Crippen LogP contribution in [-0.2, 0) is 28.9 Å². The Bertz CT molecular complexity index is 803. The van der Waals surface area contributed by atoms with Gasteiger partial charge in [-0.3, -0.25) is 9.59 Å². The van der Waals surface area contributed by atoms with Crippen LogP contribution in [0.4, 0.5) is 0 Å². The fraction of sp³-hybridized carbons (Fsp3) is 0.619. The second-order valence-electron chi connectivity index (χ2n) is 7.76. The van der Waals surface area contributed by atoms with Crippen molar-refractivity contribution in [2.45, 2.75) is 75.0 Å². The molecule has 0 bridgehead atoms. The fourth-order valence-corrected chi connectivity index (χ4v) is 6.02. The maximum Gasteiger partial charge on any atom is 0.328 e. The highest BCUT2D eigenvalue weighted by Gasteiger charge is 2.69. The normalized spacial score (nSPS) is 27.4. The molecule has 0 saturated carbocycles. The molecule has 0 radical (unpaired) electrons. The lowest BCUT2D eigenvalue weighted by Gasteiger charge is -2.38. The Morgan fingerprint density at radius 3 is 2.36 bits per heavy atom. The third kappa shape index (κ3) is 3.69. The van der Waals surface area contributed by atoms with Gasteiger partial charge in [-0.1, -0.05) is 51.3 Å². The number of carbonyl (C=O) groups is 2. The Labute approximate surface area is 167 Å². The van der Waals surface area contributed by atoms with Gasteiger partial charge in [0.15, 0.2) is 14.6 Å². The summed E-state index contributed by atoms with van der Waals surface area (Å²) in [5.41, 5.74) is -1.24. The van der Waals surface area contributed by atoms with Crippen LogP contribution in [0.1, 0.15) is 59.3 Å². The second-order valence-corrected chi connectivity index (χ2v) is 10.1. The van der Waals surface area contributed by atoms with E-state index in [1.165, 1.54) is 26.2 Å². The molecule has 0 spiro atoms. The molecule has 3 atom stereocenters. The highest BCUT2D eigenvalue weighted by atomic mass is 32.2. The average molecular weight is 411 g/mol. The van der Waals surface area contributed by atoms with Crippen LogP contribution >= 0.6 is 0 Å². The zero-order chi connectivity index (χ0) is 21.0. The third-order valence-corrected chi connectivity index (χ3v) is 8.69. The Hall–Kier alpha value is -1.89. The largest absolute Gasteiger partial charge is 0.469 e. The molecule has 1 aliphatic rings. The number of unbranched alkanes of at least 4 members (excludes halogenated alkanes) is 3. The van der Waals surface area contributed by atoms with Gasteiger partial charge >= 0.3 is 11.9 Å². The summed E-state index contributed by atoms with van der Waals surface area (Å²) in [4.78, 5) is 25.2. The zero-order valence-corrected chi connectivity index (χ0v) is 17.9. The molecule has 1 fully saturated rings. The molecule has 7 heteroatoms. The lowest BCUT2D eigenvalue weighted by Crippen LogP contribution is -2.54. The van der Waals surface area contributed by atoms with Gasteiger partial charge in [0.05, 0.1) is 18.4 Å². The molecule has 1 saturated heterocycles. The van der Waals surface area contributed by atoms with Crippen molar-refractivity contribution in [3.8, 4) is 0 Å². The quantitative estimate of drug-likeness (QED) is 0.456. The lowest BCUT2D eigenvalue weighted by atomic mass is 9.71. The van der Waals surface area contributed by atoms with E-state index in [1.807, 2.05) is 0 Å². The highest BCUT2D eigenvalue weighted by molar-refractivity contribution is 7.93. The van der Waals surface area contributed by atoms with Crippen LogP contribution in [0, 0.1) is 5.41 Å². The minimum Gasteiger partial charge on any atom is -0.469 e. The number of methoxy groups -OCH3 is 1. The monoisotopic (exact) mass is 410 g/mol. The predicted molar refractivity (Wildman–Crippen MR) is 105 cm³/mol. The molecule has 0 amide bonds. The molecule has 156 valence electrons. The standard InChI is InChI=1S/C21H30O6S/c1-5-6-7-11-14-17-20(2,15-18(22)26-4)21(3,19(23)27-17)28(24,25)16-12-9-8-10-13-16/h8-10,12-13,17H,5-7,11,14-15H2,1-4H3/t17-,20-,21-/m1/s1. The number of sulfone groups is 1. The smallest absolute Gasteiger partial charge is 0.328 e. The molecule has 0 unspecified atom stereocenters. The molecule has 1 aromatic rings. The molecular formula is C21H30O6S. The molecule has 0 N–H and O–H groups in total. The predicted octanol–water partition coefficient (Wildman–Crippen LogP) is 3.68. The third-order valence-electron chi connectivity index (χ3n) is 6.09. The Balaban J connectivity index is 2.50. The Morgan fingerprint density at radius 1 is 1.14 bits per heavy atom. The number of hydrogen-bond acceptors (Lipinski definition) is 6. The minimum absolute atomic E-state index is 0.0390. The zero-order valence-electron chi connectivity index (χ0n) is 17.1. The van der Waals surface area contributed by atoms with Crippen molar-refractivity contribution < 1.29 is 27.5 Å². The van der Waals surface area contributed by atoms with Crippen molar-refractivity contribution in [2.75, 3.05) is 7.11 Å². The maximum atomic E-state index is 13.5. The maximum absolute atomic E-state index is 13.5. The van der Waals surface area contributed by atoms with Crippen molar-refractivity contribution in [1.29, 1.82) is 0 Å². The summed E-state index contributed by atoms with van der Waals surface area (Å²) < 4.78 is 35.6. The molecule has 1 heterocycles. The van der Waals surface area contributed by atoms with E-state index in [9.17, 15) is 18.0 Å². The van der Waals surface area contributed by atoms with Gasteiger partial charge in [-0.2, -0.15) is 0 Å². The van der Waals surface area contributed by atoms with E-state index < -0.39 is 38.0 Å². The molecular weight excluding hydrogens is 380 g/mol. The van der Waals surface area contributed by atoms with Gasteiger partial charge in [0.1, 0.15) is 6.10 Å². The number of benzene rings is 1. The number of carbonyl (C=O) groups excluding carboxylic acids is 2. The van der Waals surface area contributed by atoms with Crippen molar-refractivity contribution in [2.24, 2.45) is 5.41 Å². The first-order chi connectivity index (χ1) is 13.1. The molecule has 2 rings (SSSR count). The molecule has 0 aliphatic carbocycles. The fourth-order valence-electron chi connectivity index (χ4n) is 3.95. The Morgan fingerprint density at radius 2 is 1.79 bits per heavy atom. The number of ether oxygens (including phenoxy) is 2. The first-order valence-electron chi connectivity index (χ1n) is 9.72. The van der Waals surface area contributed by atoms with E-state index in [4.69, 9.17) is 9.47 Å². The first kappa shape index (κ1) is 22.4. The second kappa shape index (κ2) is 8.64. The van der Waals surface area contributed by atoms with Gasteiger partial charge in [0.25, 0.3) is 0 Å². The van der Waals surface area contributed by atoms with Crippen molar-refractivity contribution >= 4 is 21.8 Å². The molecule has 0 aromatic heterocycles. The van der Waals surface area contributed by atoms with Crippen molar-refractivity contribution in [3.05, 3.63) is 30.3 Å². The summed E-state index contributed by atoms with van der Waals surface area (Å²) in [7, 11) is -2.85. The van der Waals surface area contributed by atoms with Crippen LogP contribution in [0.15, 0.2) is 35.2 Å². The number of hydrogen-bond donors (Lipinski definition) is 0. The van der Waals surface area contributed by atoms with Gasteiger partial charge in [-0.25, -0.2) is 8.42 Å². The SMILES string of the molecule is CCCCCC[C@H]1OC(=O)[C@@](C)(S(=O)(=O)c2ccccc2)[C@]1(C)CC(=O)OC. The van der Waals surface area contributed by atoms with E-state index >= 15 is 0 Å². The van der Waals surface area contributed by atoms with Crippen LogP contribution in [-0.4, -0.2) is 38.3 Å². The van der Waals surface area contributed by atoms with E-state index in [0.717, 1.165) is 25.7 Å². The van der Waals surface area contributed by atoms with Crippen LogP contribution in [0.3, 0.4) is 0 Å². The van der Waals surface area contributed by atoms with Gasteiger partial charge in [0.2, 0.25) is 0 Å². The van der Waals surface area contributed by atoms with Crippen LogP contribution in [0.25, 0.3) is 0 Å². The van der Waals surface area contributed by atoms with E-state index in [1.54, 1.807) is 25.1 Å². The van der Waals surface area contributed by atoms with Crippen molar-refractivity contribution in [1.82, 2.24) is 0 Å². The molecule has 6 nitrogen and oxygen atoms in total. The van der Waals surface area contributed by atoms with Gasteiger partial charge < -0.3 is 9.47 Å². The summed E-state index contributed by atoms with van der Waals surface area (Å²) in [6.07, 6.45) is 3.50. The van der Waals surface area contributed by atoms with Crippen molar-refractivity contribution in [3.63, 3.8) is 0 Å². The van der Waals surface area contributed by atoms with E-state index in [2.05, 4.69) is 6.92 Å². The van der Waals surface area contributed by atoms with Gasteiger partial charge in [-0.05, 0) is 31.9 Å². The molecule has 1 aliphatic heterocycles. The van der Waals surface area contributed by atoms with Crippen LogP contribution < -0.4 is 0 Å². The van der Waals surface area contributed by atoms with Crippen LogP contribution in [0.5, 0.6) is 0 Å². The minimum atomic E-state index is -4.10. The van der Waals surface area contributed by atoms with E-state index in [0.29, 0.717) is 6.42 Å². The lowest BCUT2D eigenvalue weighted by molar-refractivity contribution is -0.146.